The minimum absolute atomic E-state index is 0.0548. The van der Waals surface area contributed by atoms with Crippen molar-refractivity contribution in [2.75, 3.05) is 13.1 Å². The minimum Gasteiger partial charge on any atom is -0.444 e. The average molecular weight is 443 g/mol. The second kappa shape index (κ2) is 10.2. The van der Waals surface area contributed by atoms with E-state index in [1.54, 1.807) is 67.2 Å². The highest BCUT2D eigenvalue weighted by Crippen LogP contribution is 2.14. The average Bonchev–Trinajstić information content (AvgIpc) is 2.49. The Labute approximate surface area is 185 Å². The molecule has 31 heavy (non-hydrogen) atoms. The van der Waals surface area contributed by atoms with Crippen molar-refractivity contribution in [2.45, 2.75) is 98.0 Å². The molecule has 0 radical (unpaired) electrons. The lowest BCUT2D eigenvalue weighted by Gasteiger charge is -2.34. The molecule has 1 saturated heterocycles. The molecule has 0 aromatic heterocycles. The number of carbonyl (C=O) groups excluding carboxylic acids is 3. The third kappa shape index (κ3) is 12.0. The maximum absolute atomic E-state index is 12.3. The number of alkyl carbamates (subject to hydrolysis) is 2. The molecular weight excluding hydrogens is 404 g/mol. The van der Waals surface area contributed by atoms with Gasteiger partial charge < -0.3 is 24.4 Å². The number of likely N-dealkylation sites (tertiary alicyclic amines) is 1. The predicted octanol–water partition coefficient (Wildman–Crippen LogP) is 3.79. The highest BCUT2D eigenvalue weighted by Gasteiger charge is 2.28. The van der Waals surface area contributed by atoms with Gasteiger partial charge in [0.15, 0.2) is 0 Å². The van der Waals surface area contributed by atoms with Gasteiger partial charge in [-0.25, -0.2) is 14.4 Å². The van der Waals surface area contributed by atoms with Crippen molar-refractivity contribution in [3.63, 3.8) is 0 Å². The molecule has 0 unspecified atom stereocenters. The summed E-state index contributed by atoms with van der Waals surface area (Å²) in [5.74, 6) is 0.0548. The van der Waals surface area contributed by atoms with E-state index in [0.717, 1.165) is 0 Å². The van der Waals surface area contributed by atoms with Crippen molar-refractivity contribution in [3.8, 4) is 0 Å². The molecule has 3 amide bonds. The molecule has 1 rings (SSSR count). The van der Waals surface area contributed by atoms with Crippen molar-refractivity contribution in [1.29, 1.82) is 0 Å². The summed E-state index contributed by atoms with van der Waals surface area (Å²) in [4.78, 5) is 42.2. The van der Waals surface area contributed by atoms with Crippen LogP contribution in [0.2, 0.25) is 0 Å². The number of rotatable bonds is 1. The Bertz CT molecular complexity index is 677. The minimum atomic E-state index is -0.812. The smallest absolute Gasteiger partial charge is 0.437 e. The zero-order valence-corrected chi connectivity index (χ0v) is 20.2. The molecule has 1 heterocycles. The lowest BCUT2D eigenvalue weighted by Crippen LogP contribution is -2.52. The fourth-order valence-electron chi connectivity index (χ4n) is 2.65. The first-order valence-corrected chi connectivity index (χ1v) is 10.5. The number of aliphatic imine (C=N–C) groups is 1. The van der Waals surface area contributed by atoms with E-state index in [-0.39, 0.29) is 12.0 Å². The van der Waals surface area contributed by atoms with E-state index in [0.29, 0.717) is 25.9 Å². The molecule has 0 aromatic rings. The Morgan fingerprint density at radius 2 is 1.23 bits per heavy atom. The lowest BCUT2D eigenvalue weighted by molar-refractivity contribution is 0.0488. The second-order valence-corrected chi connectivity index (χ2v) is 10.5. The zero-order chi connectivity index (χ0) is 24.0. The SMILES string of the molecule is CC(C)(C)OC(=O)/N=C(/NC(=O)OC(C)(C)C)N1CCC(NC(=O)OC(C)(C)C)CC1. The maximum Gasteiger partial charge on any atom is 0.437 e. The van der Waals surface area contributed by atoms with Gasteiger partial charge in [-0.1, -0.05) is 0 Å². The fourth-order valence-corrected chi connectivity index (χ4v) is 2.65. The van der Waals surface area contributed by atoms with Crippen molar-refractivity contribution in [1.82, 2.24) is 15.5 Å². The summed E-state index contributed by atoms with van der Waals surface area (Å²) in [7, 11) is 0. The number of hydrogen-bond acceptors (Lipinski definition) is 6. The maximum atomic E-state index is 12.3. The molecule has 0 bridgehead atoms. The third-order valence-electron chi connectivity index (χ3n) is 3.72. The molecular formula is C21H38N4O6. The molecule has 1 aliphatic heterocycles. The molecule has 10 nitrogen and oxygen atoms in total. The van der Waals surface area contributed by atoms with Crippen molar-refractivity contribution < 1.29 is 28.6 Å². The van der Waals surface area contributed by atoms with Gasteiger partial charge in [-0.2, -0.15) is 0 Å². The topological polar surface area (TPSA) is 119 Å². The summed E-state index contributed by atoms with van der Waals surface area (Å²) in [6, 6.07) is -0.0876. The molecule has 10 heteroatoms. The van der Waals surface area contributed by atoms with E-state index >= 15 is 0 Å². The van der Waals surface area contributed by atoms with E-state index < -0.39 is 35.1 Å². The van der Waals surface area contributed by atoms with Gasteiger partial charge in [0.1, 0.15) is 16.8 Å². The van der Waals surface area contributed by atoms with Gasteiger partial charge >= 0.3 is 18.3 Å². The van der Waals surface area contributed by atoms with Crippen LogP contribution in [0.25, 0.3) is 0 Å². The van der Waals surface area contributed by atoms with Crippen molar-refractivity contribution in [3.05, 3.63) is 0 Å². The number of ether oxygens (including phenoxy) is 3. The van der Waals surface area contributed by atoms with Crippen LogP contribution in [0.1, 0.15) is 75.2 Å². The van der Waals surface area contributed by atoms with Crippen molar-refractivity contribution in [2.24, 2.45) is 4.99 Å². The number of nitrogens with zero attached hydrogens (tertiary/aromatic N) is 2. The van der Waals surface area contributed by atoms with Crippen LogP contribution in [0.5, 0.6) is 0 Å². The van der Waals surface area contributed by atoms with Crippen LogP contribution in [-0.2, 0) is 14.2 Å². The van der Waals surface area contributed by atoms with Gasteiger partial charge in [0.2, 0.25) is 5.96 Å². The Hall–Kier alpha value is -2.52. The van der Waals surface area contributed by atoms with E-state index in [1.165, 1.54) is 0 Å². The summed E-state index contributed by atoms with van der Waals surface area (Å²) in [6.07, 6.45) is -0.831. The van der Waals surface area contributed by atoms with Gasteiger partial charge in [-0.05, 0) is 75.2 Å². The molecule has 1 fully saturated rings. The van der Waals surface area contributed by atoms with Crippen LogP contribution in [0, 0.1) is 0 Å². The molecule has 0 aromatic carbocycles. The summed E-state index contributed by atoms with van der Waals surface area (Å²) in [6.45, 7) is 16.7. The Morgan fingerprint density at radius 3 is 1.68 bits per heavy atom. The van der Waals surface area contributed by atoms with E-state index in [2.05, 4.69) is 15.6 Å². The largest absolute Gasteiger partial charge is 0.444 e. The standard InChI is InChI=1S/C21H38N4O6/c1-19(2,3)29-16(26)22-14-10-12-25(13-11-14)15(23-17(27)30-20(4,5)6)24-18(28)31-21(7,8)9/h14H,10-13H2,1-9H3,(H,22,26)(H,23,24,27,28). The Kier molecular flexibility index (Phi) is 8.72. The third-order valence-corrected chi connectivity index (χ3v) is 3.72. The number of hydrogen-bond donors (Lipinski definition) is 2. The molecule has 0 atom stereocenters. The lowest BCUT2D eigenvalue weighted by atomic mass is 10.1. The molecule has 1 aliphatic rings. The number of amides is 3. The Morgan fingerprint density at radius 1 is 0.774 bits per heavy atom. The summed E-state index contributed by atoms with van der Waals surface area (Å²) in [5.41, 5.74) is -2.00. The zero-order valence-electron chi connectivity index (χ0n) is 20.2. The molecule has 0 aliphatic carbocycles. The fraction of sp³-hybridized carbons (Fsp3) is 0.810. The number of carbonyl (C=O) groups is 3. The van der Waals surface area contributed by atoms with Gasteiger partial charge in [-0.3, -0.25) is 5.32 Å². The molecule has 0 saturated carbocycles. The Balaban J connectivity index is 2.82. The van der Waals surface area contributed by atoms with Crippen LogP contribution in [0.3, 0.4) is 0 Å². The quantitative estimate of drug-likeness (QED) is 0.360. The number of piperidine rings is 1. The van der Waals surface area contributed by atoms with Crippen LogP contribution < -0.4 is 10.6 Å². The van der Waals surface area contributed by atoms with Crippen LogP contribution in [0.15, 0.2) is 4.99 Å². The number of nitrogens with one attached hydrogen (secondary N) is 2. The second-order valence-electron chi connectivity index (χ2n) is 10.5. The number of guanidine groups is 1. The normalized spacial score (nSPS) is 16.4. The first kappa shape index (κ1) is 26.5. The van der Waals surface area contributed by atoms with Crippen molar-refractivity contribution >= 4 is 24.2 Å². The highest BCUT2D eigenvalue weighted by molar-refractivity contribution is 5.99. The van der Waals surface area contributed by atoms with Crippen LogP contribution in [0.4, 0.5) is 14.4 Å². The molecule has 178 valence electrons. The predicted molar refractivity (Wildman–Crippen MR) is 117 cm³/mol. The van der Waals surface area contributed by atoms with Crippen LogP contribution in [-0.4, -0.2) is 65.1 Å². The summed E-state index contributed by atoms with van der Waals surface area (Å²) >= 11 is 0. The highest BCUT2D eigenvalue weighted by atomic mass is 16.6. The monoisotopic (exact) mass is 442 g/mol. The summed E-state index contributed by atoms with van der Waals surface area (Å²) in [5, 5.41) is 5.40. The first-order valence-electron chi connectivity index (χ1n) is 10.5. The van der Waals surface area contributed by atoms with E-state index in [9.17, 15) is 14.4 Å². The molecule has 2 N–H and O–H groups in total. The van der Waals surface area contributed by atoms with E-state index in [4.69, 9.17) is 14.2 Å². The van der Waals surface area contributed by atoms with Crippen LogP contribution >= 0.6 is 0 Å². The van der Waals surface area contributed by atoms with Gasteiger partial charge in [0, 0.05) is 19.1 Å². The summed E-state index contributed by atoms with van der Waals surface area (Å²) < 4.78 is 15.8. The van der Waals surface area contributed by atoms with E-state index in [1.807, 2.05) is 0 Å². The van der Waals surface area contributed by atoms with Gasteiger partial charge in [0.05, 0.1) is 0 Å². The van der Waals surface area contributed by atoms with Gasteiger partial charge in [-0.15, -0.1) is 4.99 Å². The first-order chi connectivity index (χ1) is 13.9. The molecule has 0 spiro atoms. The van der Waals surface area contributed by atoms with Gasteiger partial charge in [0.25, 0.3) is 0 Å².